The van der Waals surface area contributed by atoms with E-state index in [1.54, 1.807) is 29.1 Å². The molecule has 3 aromatic rings. The van der Waals surface area contributed by atoms with Gasteiger partial charge in [0.15, 0.2) is 0 Å². The van der Waals surface area contributed by atoms with Gasteiger partial charge in [0.1, 0.15) is 22.9 Å². The first-order valence-electron chi connectivity index (χ1n) is 9.91. The average Bonchev–Trinajstić information content (AvgIpc) is 3.40. The Morgan fingerprint density at radius 3 is 2.69 bits per heavy atom. The largest absolute Gasteiger partial charge is 0.465 e. The van der Waals surface area contributed by atoms with Gasteiger partial charge in [0.05, 0.1) is 29.7 Å². The number of fused-ring (bicyclic) bond motifs is 2. The molecule has 1 atom stereocenters. The van der Waals surface area contributed by atoms with E-state index in [9.17, 15) is 14.0 Å². The van der Waals surface area contributed by atoms with Crippen LogP contribution >= 0.6 is 0 Å². The van der Waals surface area contributed by atoms with Gasteiger partial charge in [-0.1, -0.05) is 24.3 Å². The van der Waals surface area contributed by atoms with Crippen LogP contribution in [-0.4, -0.2) is 37.8 Å². The molecule has 0 radical (unpaired) electrons. The first-order valence-corrected chi connectivity index (χ1v) is 9.91. The van der Waals surface area contributed by atoms with Crippen LogP contribution in [-0.2, 0) is 11.2 Å². The number of rotatable bonds is 5. The smallest absolute Gasteiger partial charge is 0.341 e. The topological polar surface area (TPSA) is 106 Å². The van der Waals surface area contributed by atoms with Gasteiger partial charge in [-0.3, -0.25) is 4.79 Å². The number of carbonyl (C=O) groups is 1. The number of pyridine rings is 1. The highest BCUT2D eigenvalue weighted by atomic mass is 19.1. The Morgan fingerprint density at radius 1 is 1.16 bits per heavy atom. The maximum Gasteiger partial charge on any atom is 0.341 e. The van der Waals surface area contributed by atoms with Crippen molar-refractivity contribution in [3.63, 3.8) is 0 Å². The van der Waals surface area contributed by atoms with Crippen LogP contribution < -0.4 is 5.56 Å². The number of H-pyrrole nitrogens is 2. The Bertz CT molecular complexity index is 1420. The number of halogens is 1. The fraction of sp³-hybridized carbons (Fsp3) is 0.130. The number of ether oxygens (including phenoxy) is 1. The number of benzene rings is 2. The minimum absolute atomic E-state index is 0.153. The van der Waals surface area contributed by atoms with E-state index in [-0.39, 0.29) is 22.6 Å². The number of nitrogens with zero attached hydrogens (tertiary/aromatic N) is 3. The van der Waals surface area contributed by atoms with Crippen LogP contribution in [0.25, 0.3) is 22.3 Å². The summed E-state index contributed by atoms with van der Waals surface area (Å²) in [6.45, 7) is 0. The van der Waals surface area contributed by atoms with Gasteiger partial charge in [-0.15, -0.1) is 0 Å². The van der Waals surface area contributed by atoms with Crippen molar-refractivity contribution >= 4 is 17.0 Å². The molecule has 0 amide bonds. The number of carbonyl (C=O) groups excluding carboxylic acids is 1. The minimum atomic E-state index is -0.613. The predicted molar refractivity (Wildman–Crippen MR) is 115 cm³/mol. The molecule has 0 bridgehead atoms. The van der Waals surface area contributed by atoms with Crippen molar-refractivity contribution < 1.29 is 13.9 Å². The van der Waals surface area contributed by atoms with Crippen molar-refractivity contribution in [2.75, 3.05) is 7.11 Å². The average molecular weight is 431 g/mol. The van der Waals surface area contributed by atoms with Gasteiger partial charge >= 0.3 is 5.97 Å². The summed E-state index contributed by atoms with van der Waals surface area (Å²) in [5, 5.41) is 6.35. The van der Waals surface area contributed by atoms with Crippen molar-refractivity contribution in [2.45, 2.75) is 12.5 Å². The van der Waals surface area contributed by atoms with Crippen molar-refractivity contribution in [3.8, 4) is 11.3 Å². The Kier molecular flexibility index (Phi) is 4.78. The molecule has 2 aromatic carbocycles. The van der Waals surface area contributed by atoms with Crippen LogP contribution in [0.1, 0.15) is 27.8 Å². The molecule has 0 saturated heterocycles. The zero-order valence-corrected chi connectivity index (χ0v) is 17.0. The van der Waals surface area contributed by atoms with E-state index in [0.29, 0.717) is 12.2 Å². The minimum Gasteiger partial charge on any atom is -0.465 e. The third-order valence-corrected chi connectivity index (χ3v) is 5.43. The lowest BCUT2D eigenvalue weighted by Crippen LogP contribution is -2.19. The zero-order valence-electron chi connectivity index (χ0n) is 17.0. The summed E-state index contributed by atoms with van der Waals surface area (Å²) >= 11 is 0. The molecule has 32 heavy (non-hydrogen) atoms. The second-order valence-electron chi connectivity index (χ2n) is 7.40. The molecule has 5 rings (SSSR count). The first kappa shape index (κ1) is 19.7. The van der Waals surface area contributed by atoms with Crippen molar-refractivity contribution in [2.24, 2.45) is 0 Å². The van der Waals surface area contributed by atoms with E-state index in [4.69, 9.17) is 4.74 Å². The fourth-order valence-corrected chi connectivity index (χ4v) is 3.86. The molecule has 0 fully saturated rings. The monoisotopic (exact) mass is 431 g/mol. The summed E-state index contributed by atoms with van der Waals surface area (Å²) in [5.41, 5.74) is 2.73. The lowest BCUT2D eigenvalue weighted by molar-refractivity contribution is 0.0600. The molecule has 8 nitrogen and oxygen atoms in total. The van der Waals surface area contributed by atoms with Crippen LogP contribution in [0.5, 0.6) is 0 Å². The van der Waals surface area contributed by atoms with Gasteiger partial charge in [-0.05, 0) is 29.8 Å². The standard InChI is InChI=1S/C23H18FN5O3/c1-32-23(31)16-12-29(11-15-21(16)27-28-22(15)30)19(13-6-8-14(24)9-7-13)10-20-25-17-4-2-3-5-18(17)26-20/h2-9,11-12,19H,10H2,1H3,(H,25,26)(H,28,30)/t19-/m1/s1. The van der Waals surface area contributed by atoms with E-state index in [1.165, 1.54) is 19.2 Å². The molecule has 0 spiro atoms. The second-order valence-corrected chi connectivity index (χ2v) is 7.40. The summed E-state index contributed by atoms with van der Waals surface area (Å²) in [4.78, 5) is 32.7. The summed E-state index contributed by atoms with van der Waals surface area (Å²) in [6, 6.07) is 13.4. The quantitative estimate of drug-likeness (QED) is 0.416. The Labute approximate surface area is 181 Å². The van der Waals surface area contributed by atoms with Gasteiger partial charge in [0.25, 0.3) is 5.56 Å². The van der Waals surface area contributed by atoms with Crippen LogP contribution in [0.15, 0.2) is 65.7 Å². The number of aromatic nitrogens is 5. The van der Waals surface area contributed by atoms with Crippen LogP contribution in [0.4, 0.5) is 4.39 Å². The molecule has 1 aromatic heterocycles. The molecule has 0 saturated carbocycles. The van der Waals surface area contributed by atoms with Crippen LogP contribution in [0.3, 0.4) is 0 Å². The molecule has 0 unspecified atom stereocenters. The maximum absolute atomic E-state index is 13.6. The van der Waals surface area contributed by atoms with Gasteiger partial charge in [-0.25, -0.2) is 19.3 Å². The number of hydrogen-bond donors (Lipinski definition) is 2. The van der Waals surface area contributed by atoms with Crippen molar-refractivity contribution in [1.29, 1.82) is 0 Å². The van der Waals surface area contributed by atoms with Crippen LogP contribution in [0, 0.1) is 5.82 Å². The van der Waals surface area contributed by atoms with Gasteiger partial charge in [0, 0.05) is 18.8 Å². The number of imidazole rings is 1. The molecular weight excluding hydrogens is 413 g/mol. The van der Waals surface area contributed by atoms with E-state index >= 15 is 0 Å². The lowest BCUT2D eigenvalue weighted by Gasteiger charge is -2.22. The molecule has 160 valence electrons. The van der Waals surface area contributed by atoms with E-state index < -0.39 is 17.6 Å². The SMILES string of the molecule is COC(=O)c1cn([C@H](Cc2nc3ccccc3[nH]2)c2ccc(F)cc2)cc2c(=O)[nH]nc1-2. The van der Waals surface area contributed by atoms with Gasteiger partial charge < -0.3 is 14.3 Å². The maximum atomic E-state index is 13.6. The number of para-hydroxylation sites is 2. The molecule has 0 aliphatic carbocycles. The van der Waals surface area contributed by atoms with Gasteiger partial charge in [-0.2, -0.15) is 5.10 Å². The zero-order chi connectivity index (χ0) is 22.2. The molecule has 2 aliphatic rings. The van der Waals surface area contributed by atoms with Crippen LogP contribution in [0.2, 0.25) is 0 Å². The van der Waals surface area contributed by atoms with E-state index in [0.717, 1.165) is 16.6 Å². The fourth-order valence-electron chi connectivity index (χ4n) is 3.86. The molecule has 2 N–H and O–H groups in total. The Balaban J connectivity index is 1.67. The summed E-state index contributed by atoms with van der Waals surface area (Å²) < 4.78 is 20.2. The number of nitrogens with one attached hydrogen (secondary N) is 2. The van der Waals surface area contributed by atoms with E-state index in [2.05, 4.69) is 20.2 Å². The summed E-state index contributed by atoms with van der Waals surface area (Å²) in [6.07, 6.45) is 3.62. The summed E-state index contributed by atoms with van der Waals surface area (Å²) in [5.74, 6) is -0.261. The Hall–Kier alpha value is -4.27. The summed E-state index contributed by atoms with van der Waals surface area (Å²) in [7, 11) is 1.27. The highest BCUT2D eigenvalue weighted by molar-refractivity contribution is 5.96. The van der Waals surface area contributed by atoms with Crippen molar-refractivity contribution in [3.05, 3.63) is 94.0 Å². The number of methoxy groups -OCH3 is 1. The highest BCUT2D eigenvalue weighted by Crippen LogP contribution is 2.28. The lowest BCUT2D eigenvalue weighted by atomic mass is 10.0. The number of aromatic amines is 2. The van der Waals surface area contributed by atoms with Crippen molar-refractivity contribution in [1.82, 2.24) is 24.7 Å². The normalized spacial score (nSPS) is 12.3. The molecule has 9 heteroatoms. The number of esters is 1. The molecular formula is C23H18FN5O3. The Morgan fingerprint density at radius 2 is 1.94 bits per heavy atom. The second kappa shape index (κ2) is 7.77. The molecule has 3 heterocycles. The third kappa shape index (κ3) is 3.43. The van der Waals surface area contributed by atoms with Gasteiger partial charge in [0.2, 0.25) is 0 Å². The molecule has 2 aliphatic heterocycles. The highest BCUT2D eigenvalue weighted by Gasteiger charge is 2.25. The first-order chi connectivity index (χ1) is 15.5. The van der Waals surface area contributed by atoms with E-state index in [1.807, 2.05) is 24.3 Å². The third-order valence-electron chi connectivity index (χ3n) is 5.43. The number of hydrogen-bond acceptors (Lipinski definition) is 5. The predicted octanol–water partition coefficient (Wildman–Crippen LogP) is 3.31.